The minimum absolute atomic E-state index is 0.151. The molecule has 1 atom stereocenters. The zero-order valence-electron chi connectivity index (χ0n) is 19.9. The number of carbonyl (C=O) groups is 1. The molecule has 3 aromatic rings. The fourth-order valence-electron chi connectivity index (χ4n) is 4.56. The highest BCUT2D eigenvalue weighted by molar-refractivity contribution is 7.88. The topological polar surface area (TPSA) is 166 Å². The van der Waals surface area contributed by atoms with E-state index in [1.165, 1.54) is 10.6 Å². The number of piperazine rings is 1. The first-order chi connectivity index (χ1) is 17.3. The Bertz CT molecular complexity index is 1330. The standard InChI is InChI=1S/C21H28N10O4S/c1-36(33,34)30-5-3-28(4-6-30)16(2-9-32)31-14-25-17-19(29-7-10-35-11-8-29)26-18(27-20(17)31)15-12-23-21(22)24-13-15/h9,12-14,16H,2-8,10-11H2,1H3,(H2,22,23,24). The Kier molecular flexibility index (Phi) is 6.79. The lowest BCUT2D eigenvalue weighted by atomic mass is 10.2. The van der Waals surface area contributed by atoms with Crippen LogP contribution in [0.3, 0.4) is 0 Å². The zero-order valence-corrected chi connectivity index (χ0v) is 20.7. The summed E-state index contributed by atoms with van der Waals surface area (Å²) in [6.07, 6.45) is 6.70. The highest BCUT2D eigenvalue weighted by Crippen LogP contribution is 2.30. The number of aldehydes is 1. The summed E-state index contributed by atoms with van der Waals surface area (Å²) in [7, 11) is -3.27. The Hall–Kier alpha value is -3.27. The van der Waals surface area contributed by atoms with Gasteiger partial charge in [0, 0.05) is 58.1 Å². The number of anilines is 2. The third-order valence-corrected chi connectivity index (χ3v) is 7.74. The first-order valence-corrected chi connectivity index (χ1v) is 13.5. The quantitative estimate of drug-likeness (QED) is 0.396. The molecule has 15 heteroatoms. The van der Waals surface area contributed by atoms with Crippen LogP contribution >= 0.6 is 0 Å². The second-order valence-electron chi connectivity index (χ2n) is 8.71. The van der Waals surface area contributed by atoms with Gasteiger partial charge in [0.15, 0.2) is 22.8 Å². The SMILES string of the molecule is CS(=O)(=O)N1CCN(C(CC=O)n2cnc3c(N4CCOCC4)nc(-c4cnc(N)nc4)nc32)CC1. The third-order valence-electron chi connectivity index (χ3n) is 6.44. The van der Waals surface area contributed by atoms with Crippen LogP contribution in [-0.4, -0.2) is 112 Å². The molecule has 2 fully saturated rings. The van der Waals surface area contributed by atoms with Crippen LogP contribution in [0.2, 0.25) is 0 Å². The number of hydrogen-bond acceptors (Lipinski definition) is 12. The Morgan fingerprint density at radius 1 is 1.06 bits per heavy atom. The Balaban J connectivity index is 1.57. The normalized spacial score (nSPS) is 19.0. The van der Waals surface area contributed by atoms with Gasteiger partial charge in [0.2, 0.25) is 16.0 Å². The molecule has 0 saturated carbocycles. The van der Waals surface area contributed by atoms with Crippen LogP contribution in [0.1, 0.15) is 12.6 Å². The summed E-state index contributed by atoms with van der Waals surface area (Å²) < 4.78 is 32.8. The molecule has 0 aromatic carbocycles. The molecule has 2 aliphatic rings. The summed E-state index contributed by atoms with van der Waals surface area (Å²) in [5.41, 5.74) is 7.44. The maximum Gasteiger partial charge on any atom is 0.219 e. The van der Waals surface area contributed by atoms with Gasteiger partial charge in [-0.2, -0.15) is 4.31 Å². The number of nitrogens with two attached hydrogens (primary N) is 1. The summed E-state index contributed by atoms with van der Waals surface area (Å²) in [6.45, 7) is 4.11. The minimum Gasteiger partial charge on any atom is -0.378 e. The lowest BCUT2D eigenvalue weighted by molar-refractivity contribution is -0.109. The van der Waals surface area contributed by atoms with E-state index >= 15 is 0 Å². The van der Waals surface area contributed by atoms with Gasteiger partial charge in [-0.15, -0.1) is 0 Å². The highest BCUT2D eigenvalue weighted by Gasteiger charge is 2.30. The number of rotatable bonds is 7. The number of carbonyl (C=O) groups excluding carboxylic acids is 1. The Morgan fingerprint density at radius 2 is 1.75 bits per heavy atom. The molecule has 14 nitrogen and oxygen atoms in total. The molecule has 2 saturated heterocycles. The molecular formula is C21H28N10O4S. The molecule has 0 bridgehead atoms. The zero-order chi connectivity index (χ0) is 25.3. The maximum absolute atomic E-state index is 12.0. The predicted octanol–water partition coefficient (Wildman–Crippen LogP) is -0.633. The van der Waals surface area contributed by atoms with Crippen molar-refractivity contribution in [3.8, 4) is 11.4 Å². The number of imidazole rings is 1. The lowest BCUT2D eigenvalue weighted by Crippen LogP contribution is -2.50. The van der Waals surface area contributed by atoms with Gasteiger partial charge < -0.3 is 20.2 Å². The average molecular weight is 517 g/mol. The van der Waals surface area contributed by atoms with Crippen molar-refractivity contribution >= 4 is 39.2 Å². The Morgan fingerprint density at radius 3 is 2.39 bits per heavy atom. The van der Waals surface area contributed by atoms with E-state index in [0.717, 1.165) is 6.29 Å². The molecule has 3 aromatic heterocycles. The van der Waals surface area contributed by atoms with Crippen LogP contribution in [0.25, 0.3) is 22.6 Å². The van der Waals surface area contributed by atoms with E-state index in [9.17, 15) is 13.2 Å². The van der Waals surface area contributed by atoms with Crippen LogP contribution in [-0.2, 0) is 19.6 Å². The van der Waals surface area contributed by atoms with Crippen molar-refractivity contribution in [2.24, 2.45) is 0 Å². The number of aromatic nitrogens is 6. The van der Waals surface area contributed by atoms with Gasteiger partial charge in [-0.25, -0.2) is 33.3 Å². The summed E-state index contributed by atoms with van der Waals surface area (Å²) in [5, 5.41) is 0. The van der Waals surface area contributed by atoms with Crippen molar-refractivity contribution in [1.82, 2.24) is 38.7 Å². The van der Waals surface area contributed by atoms with E-state index < -0.39 is 10.0 Å². The van der Waals surface area contributed by atoms with Crippen LogP contribution in [0.4, 0.5) is 11.8 Å². The molecule has 2 N–H and O–H groups in total. The van der Waals surface area contributed by atoms with E-state index in [1.54, 1.807) is 18.7 Å². The minimum atomic E-state index is -3.27. The average Bonchev–Trinajstić information content (AvgIpc) is 3.31. The van der Waals surface area contributed by atoms with Crippen LogP contribution in [0.5, 0.6) is 0 Å². The molecule has 0 aliphatic carbocycles. The molecule has 1 unspecified atom stereocenters. The molecule has 36 heavy (non-hydrogen) atoms. The molecular weight excluding hydrogens is 488 g/mol. The van der Waals surface area contributed by atoms with Crippen LogP contribution < -0.4 is 10.6 Å². The summed E-state index contributed by atoms with van der Waals surface area (Å²) in [5.74, 6) is 1.23. The van der Waals surface area contributed by atoms with E-state index in [1.807, 2.05) is 4.57 Å². The van der Waals surface area contributed by atoms with Crippen LogP contribution in [0.15, 0.2) is 18.7 Å². The van der Waals surface area contributed by atoms with Gasteiger partial charge >= 0.3 is 0 Å². The van der Waals surface area contributed by atoms with Crippen molar-refractivity contribution < 1.29 is 17.9 Å². The van der Waals surface area contributed by atoms with E-state index in [2.05, 4.69) is 24.8 Å². The molecule has 0 spiro atoms. The summed E-state index contributed by atoms with van der Waals surface area (Å²) >= 11 is 0. The number of sulfonamides is 1. The second-order valence-corrected chi connectivity index (χ2v) is 10.7. The van der Waals surface area contributed by atoms with Crippen molar-refractivity contribution in [3.05, 3.63) is 18.7 Å². The largest absolute Gasteiger partial charge is 0.378 e. The van der Waals surface area contributed by atoms with Gasteiger partial charge in [0.1, 0.15) is 6.29 Å². The number of morpholine rings is 1. The molecule has 192 valence electrons. The maximum atomic E-state index is 12.0. The number of nitrogens with zero attached hydrogens (tertiary/aromatic N) is 9. The van der Waals surface area contributed by atoms with Crippen LogP contribution in [0, 0.1) is 0 Å². The molecule has 5 heterocycles. The first kappa shape index (κ1) is 24.4. The molecule has 2 aliphatic heterocycles. The predicted molar refractivity (Wildman–Crippen MR) is 132 cm³/mol. The first-order valence-electron chi connectivity index (χ1n) is 11.6. The van der Waals surface area contributed by atoms with Crippen molar-refractivity contribution in [3.63, 3.8) is 0 Å². The number of hydrogen-bond donors (Lipinski definition) is 1. The van der Waals surface area contributed by atoms with Gasteiger partial charge in [-0.3, -0.25) is 9.47 Å². The van der Waals surface area contributed by atoms with E-state index in [0.29, 0.717) is 80.9 Å². The monoisotopic (exact) mass is 516 g/mol. The number of fused-ring (bicyclic) bond motifs is 1. The van der Waals surface area contributed by atoms with Gasteiger partial charge in [0.25, 0.3) is 0 Å². The van der Waals surface area contributed by atoms with Gasteiger partial charge in [-0.05, 0) is 0 Å². The molecule has 0 radical (unpaired) electrons. The van der Waals surface area contributed by atoms with Crippen molar-refractivity contribution in [2.45, 2.75) is 12.6 Å². The fourth-order valence-corrected chi connectivity index (χ4v) is 5.38. The third kappa shape index (κ3) is 4.86. The van der Waals surface area contributed by atoms with E-state index in [-0.39, 0.29) is 18.5 Å². The second kappa shape index (κ2) is 10.0. The number of nitrogen functional groups attached to an aromatic ring is 1. The Labute approximate surface area is 208 Å². The van der Waals surface area contributed by atoms with E-state index in [4.69, 9.17) is 20.4 Å². The molecule has 5 rings (SSSR count). The van der Waals surface area contributed by atoms with Gasteiger partial charge in [0.05, 0.1) is 37.5 Å². The summed E-state index contributed by atoms with van der Waals surface area (Å²) in [6, 6.07) is 0. The van der Waals surface area contributed by atoms with Crippen molar-refractivity contribution in [1.29, 1.82) is 0 Å². The smallest absolute Gasteiger partial charge is 0.219 e. The lowest BCUT2D eigenvalue weighted by Gasteiger charge is -2.38. The van der Waals surface area contributed by atoms with Crippen molar-refractivity contribution in [2.75, 3.05) is 69.4 Å². The summed E-state index contributed by atoms with van der Waals surface area (Å²) in [4.78, 5) is 38.3. The highest BCUT2D eigenvalue weighted by atomic mass is 32.2. The fraction of sp³-hybridized carbons (Fsp3) is 0.524. The molecule has 0 amide bonds. The number of ether oxygens (including phenoxy) is 1. The van der Waals surface area contributed by atoms with Gasteiger partial charge in [-0.1, -0.05) is 0 Å².